The molecule has 2 aromatic carbocycles. The summed E-state index contributed by atoms with van der Waals surface area (Å²) in [5.74, 6) is -0.289. The number of carbonyl (C=O) groups is 2. The van der Waals surface area contributed by atoms with E-state index in [9.17, 15) is 14.4 Å². The second-order valence-electron chi connectivity index (χ2n) is 7.69. The molecule has 166 valence electrons. The number of amides is 2. The molecule has 2 heterocycles. The van der Waals surface area contributed by atoms with Crippen molar-refractivity contribution in [3.8, 4) is 0 Å². The minimum atomic E-state index is -0.163. The average Bonchev–Trinajstić information content (AvgIpc) is 2.78. The maximum absolute atomic E-state index is 13.1. The highest BCUT2D eigenvalue weighted by molar-refractivity contribution is 6.35. The number of halogens is 2. The summed E-state index contributed by atoms with van der Waals surface area (Å²) in [6.07, 6.45) is 0. The van der Waals surface area contributed by atoms with Gasteiger partial charge in [0.05, 0.1) is 11.0 Å². The molecular formula is C23H22Cl2N4O3. The van der Waals surface area contributed by atoms with Crippen molar-refractivity contribution in [2.24, 2.45) is 0 Å². The Morgan fingerprint density at radius 1 is 0.906 bits per heavy atom. The highest BCUT2D eigenvalue weighted by atomic mass is 35.5. The molecule has 4 rings (SSSR count). The number of hydrogen-bond donors (Lipinski definition) is 0. The van der Waals surface area contributed by atoms with E-state index in [1.165, 1.54) is 0 Å². The molecule has 0 radical (unpaired) electrons. The lowest BCUT2D eigenvalue weighted by atomic mass is 10.1. The lowest BCUT2D eigenvalue weighted by molar-refractivity contribution is 0.0535. The molecule has 3 aromatic rings. The van der Waals surface area contributed by atoms with Crippen LogP contribution in [-0.2, 0) is 6.54 Å². The Kier molecular flexibility index (Phi) is 6.22. The van der Waals surface area contributed by atoms with Crippen LogP contribution >= 0.6 is 23.2 Å². The van der Waals surface area contributed by atoms with Gasteiger partial charge in [-0.15, -0.1) is 0 Å². The number of carbonyl (C=O) groups excluding carboxylic acids is 2. The second-order valence-corrected chi connectivity index (χ2v) is 8.57. The Morgan fingerprint density at radius 2 is 1.47 bits per heavy atom. The molecule has 0 spiro atoms. The molecule has 1 aliphatic rings. The molecule has 1 aromatic heterocycles. The van der Waals surface area contributed by atoms with Gasteiger partial charge in [0.25, 0.3) is 17.4 Å². The lowest BCUT2D eigenvalue weighted by Gasteiger charge is -2.35. The van der Waals surface area contributed by atoms with E-state index in [0.29, 0.717) is 70.6 Å². The van der Waals surface area contributed by atoms with E-state index >= 15 is 0 Å². The molecule has 0 bridgehead atoms. The first kappa shape index (κ1) is 22.3. The van der Waals surface area contributed by atoms with Crippen molar-refractivity contribution < 1.29 is 9.59 Å². The number of benzene rings is 2. The van der Waals surface area contributed by atoms with Gasteiger partial charge in [-0.3, -0.25) is 14.4 Å². The normalized spacial score (nSPS) is 14.1. The van der Waals surface area contributed by atoms with Crippen LogP contribution in [0.5, 0.6) is 0 Å². The highest BCUT2D eigenvalue weighted by Crippen LogP contribution is 2.21. The number of fused-ring (bicyclic) bond motifs is 1. The van der Waals surface area contributed by atoms with Crippen LogP contribution in [0.3, 0.4) is 0 Å². The Bertz CT molecular complexity index is 1260. The van der Waals surface area contributed by atoms with Gasteiger partial charge in [0.2, 0.25) is 0 Å². The van der Waals surface area contributed by atoms with Crippen LogP contribution in [0.1, 0.15) is 33.3 Å². The number of hydrogen-bond acceptors (Lipinski definition) is 4. The minimum absolute atomic E-state index is 0.124. The van der Waals surface area contributed by atoms with Gasteiger partial charge in [-0.2, -0.15) is 0 Å². The summed E-state index contributed by atoms with van der Waals surface area (Å²) >= 11 is 12.0. The first-order valence-corrected chi connectivity index (χ1v) is 11.1. The predicted molar refractivity (Wildman–Crippen MR) is 125 cm³/mol. The molecule has 0 atom stereocenters. The predicted octanol–water partition coefficient (Wildman–Crippen LogP) is 3.63. The van der Waals surface area contributed by atoms with Gasteiger partial charge in [-0.25, -0.2) is 4.98 Å². The van der Waals surface area contributed by atoms with Crippen molar-refractivity contribution in [3.05, 3.63) is 73.6 Å². The fraction of sp³-hybridized carbons (Fsp3) is 0.304. The monoisotopic (exact) mass is 472 g/mol. The van der Waals surface area contributed by atoms with Gasteiger partial charge < -0.3 is 14.4 Å². The van der Waals surface area contributed by atoms with E-state index in [-0.39, 0.29) is 17.4 Å². The van der Waals surface area contributed by atoms with Crippen molar-refractivity contribution in [1.82, 2.24) is 19.4 Å². The summed E-state index contributed by atoms with van der Waals surface area (Å²) in [4.78, 5) is 45.9. The van der Waals surface area contributed by atoms with Gasteiger partial charge in [-0.1, -0.05) is 23.2 Å². The zero-order chi connectivity index (χ0) is 23.0. The van der Waals surface area contributed by atoms with Crippen LogP contribution in [0.25, 0.3) is 11.0 Å². The fourth-order valence-electron chi connectivity index (χ4n) is 3.98. The van der Waals surface area contributed by atoms with Crippen molar-refractivity contribution in [3.63, 3.8) is 0 Å². The van der Waals surface area contributed by atoms with E-state index < -0.39 is 0 Å². The summed E-state index contributed by atoms with van der Waals surface area (Å²) in [5, 5.41) is 0.812. The lowest BCUT2D eigenvalue weighted by Crippen LogP contribution is -2.50. The largest absolute Gasteiger partial charge is 0.335 e. The number of rotatable bonds is 3. The van der Waals surface area contributed by atoms with Crippen molar-refractivity contribution in [2.45, 2.75) is 20.4 Å². The molecule has 32 heavy (non-hydrogen) atoms. The molecular weight excluding hydrogens is 451 g/mol. The minimum Gasteiger partial charge on any atom is -0.335 e. The first-order chi connectivity index (χ1) is 15.3. The quantitative estimate of drug-likeness (QED) is 0.583. The van der Waals surface area contributed by atoms with Crippen molar-refractivity contribution >= 4 is 46.0 Å². The van der Waals surface area contributed by atoms with E-state index in [0.717, 1.165) is 0 Å². The van der Waals surface area contributed by atoms with Gasteiger partial charge in [0.15, 0.2) is 0 Å². The SMILES string of the molecule is CCn1c(=O)c(C)nc2cc(C(=O)N3CCN(C(=O)c4cc(Cl)cc(Cl)c4)CC3)ccc21. The second kappa shape index (κ2) is 8.92. The van der Waals surface area contributed by atoms with Gasteiger partial charge in [0, 0.05) is 53.9 Å². The number of aryl methyl sites for hydroxylation is 2. The molecule has 2 amide bonds. The maximum Gasteiger partial charge on any atom is 0.272 e. The molecule has 9 heteroatoms. The molecule has 1 aliphatic heterocycles. The average molecular weight is 473 g/mol. The standard InChI is InChI=1S/C23H22Cl2N4O3/c1-3-29-20-5-4-15(12-19(20)26-14(2)21(29)30)22(31)27-6-8-28(9-7-27)23(32)16-10-17(24)13-18(25)11-16/h4-5,10-13H,3,6-9H2,1-2H3. The highest BCUT2D eigenvalue weighted by Gasteiger charge is 2.26. The van der Waals surface area contributed by atoms with E-state index in [2.05, 4.69) is 4.98 Å². The maximum atomic E-state index is 13.1. The summed E-state index contributed by atoms with van der Waals surface area (Å²) < 4.78 is 1.65. The van der Waals surface area contributed by atoms with Gasteiger partial charge in [-0.05, 0) is 50.2 Å². The number of nitrogens with zero attached hydrogens (tertiary/aromatic N) is 4. The Labute approximate surface area is 195 Å². The van der Waals surface area contributed by atoms with Crippen molar-refractivity contribution in [2.75, 3.05) is 26.2 Å². The molecule has 0 aliphatic carbocycles. The molecule has 0 saturated carbocycles. The first-order valence-electron chi connectivity index (χ1n) is 10.3. The van der Waals surface area contributed by atoms with Crippen LogP contribution in [0.15, 0.2) is 41.2 Å². The molecule has 0 N–H and O–H groups in total. The number of piperazine rings is 1. The van der Waals surface area contributed by atoms with E-state index in [1.54, 1.807) is 57.7 Å². The third-order valence-corrected chi connectivity index (χ3v) is 6.07. The summed E-state index contributed by atoms with van der Waals surface area (Å²) in [5.41, 5.74) is 2.53. The van der Waals surface area contributed by atoms with Crippen LogP contribution in [-0.4, -0.2) is 57.3 Å². The molecule has 0 unspecified atom stereocenters. The molecule has 1 saturated heterocycles. The zero-order valence-electron chi connectivity index (χ0n) is 17.8. The van der Waals surface area contributed by atoms with Crippen molar-refractivity contribution in [1.29, 1.82) is 0 Å². The zero-order valence-corrected chi connectivity index (χ0v) is 19.3. The molecule has 7 nitrogen and oxygen atoms in total. The smallest absolute Gasteiger partial charge is 0.272 e. The summed E-state index contributed by atoms with van der Waals surface area (Å²) in [7, 11) is 0. The van der Waals surface area contributed by atoms with Crippen LogP contribution in [0, 0.1) is 6.92 Å². The third kappa shape index (κ3) is 4.23. The van der Waals surface area contributed by atoms with Gasteiger partial charge >= 0.3 is 0 Å². The molecule has 1 fully saturated rings. The van der Waals surface area contributed by atoms with Crippen LogP contribution in [0.2, 0.25) is 10.0 Å². The van der Waals surface area contributed by atoms with E-state index in [4.69, 9.17) is 23.2 Å². The topological polar surface area (TPSA) is 75.5 Å². The Balaban J connectivity index is 1.49. The third-order valence-electron chi connectivity index (χ3n) is 5.64. The van der Waals surface area contributed by atoms with Crippen LogP contribution in [0.4, 0.5) is 0 Å². The summed E-state index contributed by atoms with van der Waals surface area (Å²) in [6, 6.07) is 9.97. The Hall–Kier alpha value is -2.90. The van der Waals surface area contributed by atoms with Gasteiger partial charge in [0.1, 0.15) is 5.69 Å². The van der Waals surface area contributed by atoms with Crippen LogP contribution < -0.4 is 5.56 Å². The van der Waals surface area contributed by atoms with E-state index in [1.807, 2.05) is 6.92 Å². The Morgan fingerprint density at radius 3 is 2.03 bits per heavy atom. The number of aromatic nitrogens is 2. The summed E-state index contributed by atoms with van der Waals surface area (Å²) in [6.45, 7) is 5.75. The fourth-order valence-corrected chi connectivity index (χ4v) is 4.50.